The lowest BCUT2D eigenvalue weighted by atomic mass is 10.2. The molecule has 1 aliphatic rings. The van der Waals surface area contributed by atoms with Crippen LogP contribution in [0.4, 0.5) is 0 Å². The average molecular weight is 315 g/mol. The Hall–Kier alpha value is -2.50. The van der Waals surface area contributed by atoms with E-state index in [4.69, 9.17) is 9.47 Å². The van der Waals surface area contributed by atoms with Crippen molar-refractivity contribution in [1.29, 1.82) is 0 Å². The topological polar surface area (TPSA) is 76.2 Å². The van der Waals surface area contributed by atoms with Crippen LogP contribution >= 0.6 is 0 Å². The maximum absolute atomic E-state index is 12.3. The molecule has 0 aliphatic heterocycles. The number of ether oxygens (including phenoxy) is 2. The van der Waals surface area contributed by atoms with Gasteiger partial charge in [0.05, 0.1) is 19.8 Å². The first-order valence-electron chi connectivity index (χ1n) is 7.87. The Morgan fingerprint density at radius 2 is 2.17 bits per heavy atom. The number of rotatable bonds is 6. The van der Waals surface area contributed by atoms with Crippen LogP contribution in [0.2, 0.25) is 0 Å². The lowest BCUT2D eigenvalue weighted by molar-refractivity contribution is 0.0949. The standard InChI is InChI=1S/C17H21N3O3/c1-22-14-7-6-12(10-15(14)23-13-4-2-3-5-13)17(21)20-11-16-18-8-9-19-16/h6-10,13H,2-5,11H2,1H3,(H,18,19)(H,20,21). The Balaban J connectivity index is 1.69. The zero-order valence-corrected chi connectivity index (χ0v) is 13.2. The summed E-state index contributed by atoms with van der Waals surface area (Å²) in [5.74, 6) is 1.83. The monoisotopic (exact) mass is 315 g/mol. The highest BCUT2D eigenvalue weighted by molar-refractivity contribution is 5.94. The number of H-pyrrole nitrogens is 1. The molecule has 0 atom stereocenters. The minimum absolute atomic E-state index is 0.166. The SMILES string of the molecule is COc1ccc(C(=O)NCc2ncc[nH]2)cc1OC1CCCC1. The van der Waals surface area contributed by atoms with Gasteiger partial charge in [0.25, 0.3) is 5.91 Å². The predicted molar refractivity (Wildman–Crippen MR) is 85.6 cm³/mol. The van der Waals surface area contributed by atoms with E-state index in [2.05, 4.69) is 15.3 Å². The number of imidazole rings is 1. The van der Waals surface area contributed by atoms with Gasteiger partial charge >= 0.3 is 0 Å². The van der Waals surface area contributed by atoms with Gasteiger partial charge in [0.1, 0.15) is 5.82 Å². The fourth-order valence-corrected chi connectivity index (χ4v) is 2.76. The third kappa shape index (κ3) is 3.83. The fourth-order valence-electron chi connectivity index (χ4n) is 2.76. The van der Waals surface area contributed by atoms with Crippen molar-refractivity contribution in [3.8, 4) is 11.5 Å². The number of nitrogens with zero attached hydrogens (tertiary/aromatic N) is 1. The summed E-state index contributed by atoms with van der Waals surface area (Å²) in [5, 5.41) is 2.83. The van der Waals surface area contributed by atoms with Crippen molar-refractivity contribution in [3.05, 3.63) is 42.0 Å². The minimum atomic E-state index is -0.166. The van der Waals surface area contributed by atoms with Crippen LogP contribution < -0.4 is 14.8 Å². The molecule has 0 radical (unpaired) electrons. The van der Waals surface area contributed by atoms with Crippen LogP contribution in [0.1, 0.15) is 41.9 Å². The lowest BCUT2D eigenvalue weighted by Crippen LogP contribution is -2.23. The Morgan fingerprint density at radius 1 is 1.35 bits per heavy atom. The van der Waals surface area contributed by atoms with E-state index in [9.17, 15) is 4.79 Å². The molecule has 1 saturated carbocycles. The summed E-state index contributed by atoms with van der Waals surface area (Å²) in [6.45, 7) is 0.358. The summed E-state index contributed by atoms with van der Waals surface area (Å²) >= 11 is 0. The van der Waals surface area contributed by atoms with Crippen molar-refractivity contribution in [3.63, 3.8) is 0 Å². The van der Waals surface area contributed by atoms with Gasteiger partial charge in [0.15, 0.2) is 11.5 Å². The van der Waals surface area contributed by atoms with Crippen LogP contribution in [0.25, 0.3) is 0 Å². The minimum Gasteiger partial charge on any atom is -0.493 e. The maximum atomic E-state index is 12.3. The number of aromatic amines is 1. The quantitative estimate of drug-likeness (QED) is 0.859. The molecule has 3 rings (SSSR count). The number of carbonyl (C=O) groups is 1. The third-order valence-corrected chi connectivity index (χ3v) is 3.99. The second-order valence-corrected chi connectivity index (χ2v) is 5.61. The van der Waals surface area contributed by atoms with Crippen molar-refractivity contribution < 1.29 is 14.3 Å². The van der Waals surface area contributed by atoms with Gasteiger partial charge in [-0.05, 0) is 43.9 Å². The summed E-state index contributed by atoms with van der Waals surface area (Å²) in [6.07, 6.45) is 8.08. The van der Waals surface area contributed by atoms with Crippen LogP contribution in [0, 0.1) is 0 Å². The van der Waals surface area contributed by atoms with Crippen molar-refractivity contribution in [1.82, 2.24) is 15.3 Å². The second-order valence-electron chi connectivity index (χ2n) is 5.61. The van der Waals surface area contributed by atoms with Gasteiger partial charge in [-0.15, -0.1) is 0 Å². The van der Waals surface area contributed by atoms with Crippen LogP contribution in [0.5, 0.6) is 11.5 Å². The number of aromatic nitrogens is 2. The normalized spacial score (nSPS) is 14.7. The van der Waals surface area contributed by atoms with E-state index in [1.165, 1.54) is 12.8 Å². The molecular weight excluding hydrogens is 294 g/mol. The first-order chi connectivity index (χ1) is 11.3. The summed E-state index contributed by atoms with van der Waals surface area (Å²) in [4.78, 5) is 19.3. The molecule has 1 aliphatic carbocycles. The number of hydrogen-bond donors (Lipinski definition) is 2. The largest absolute Gasteiger partial charge is 0.493 e. The summed E-state index contributed by atoms with van der Waals surface area (Å²) in [5.41, 5.74) is 0.547. The molecule has 2 aromatic rings. The smallest absolute Gasteiger partial charge is 0.251 e. The van der Waals surface area contributed by atoms with E-state index in [0.717, 1.165) is 12.8 Å². The van der Waals surface area contributed by atoms with Crippen LogP contribution in [0.15, 0.2) is 30.6 Å². The summed E-state index contributed by atoms with van der Waals surface area (Å²) < 4.78 is 11.4. The molecule has 6 nitrogen and oxygen atoms in total. The Bertz CT molecular complexity index is 649. The van der Waals surface area contributed by atoms with Crippen LogP contribution in [-0.4, -0.2) is 29.1 Å². The van der Waals surface area contributed by atoms with Crippen molar-refractivity contribution >= 4 is 5.91 Å². The van der Waals surface area contributed by atoms with Gasteiger partial charge in [0.2, 0.25) is 0 Å². The van der Waals surface area contributed by atoms with Gasteiger partial charge in [-0.25, -0.2) is 4.98 Å². The number of amides is 1. The molecule has 6 heteroatoms. The first-order valence-corrected chi connectivity index (χ1v) is 7.87. The molecule has 2 N–H and O–H groups in total. The molecule has 1 aromatic heterocycles. The zero-order chi connectivity index (χ0) is 16.1. The number of methoxy groups -OCH3 is 1. The number of hydrogen-bond acceptors (Lipinski definition) is 4. The maximum Gasteiger partial charge on any atom is 0.251 e. The zero-order valence-electron chi connectivity index (χ0n) is 13.2. The van der Waals surface area contributed by atoms with E-state index in [-0.39, 0.29) is 12.0 Å². The Kier molecular flexibility index (Phi) is 4.80. The Morgan fingerprint density at radius 3 is 2.87 bits per heavy atom. The van der Waals surface area contributed by atoms with E-state index in [1.807, 2.05) is 0 Å². The third-order valence-electron chi connectivity index (χ3n) is 3.99. The van der Waals surface area contributed by atoms with E-state index in [0.29, 0.717) is 29.4 Å². The molecule has 1 heterocycles. The van der Waals surface area contributed by atoms with Crippen molar-refractivity contribution in [2.75, 3.05) is 7.11 Å². The molecule has 1 amide bonds. The van der Waals surface area contributed by atoms with E-state index < -0.39 is 0 Å². The number of nitrogens with one attached hydrogen (secondary N) is 2. The predicted octanol–water partition coefficient (Wildman–Crippen LogP) is 2.67. The molecule has 0 saturated heterocycles. The Labute approximate surface area is 135 Å². The molecular formula is C17H21N3O3. The lowest BCUT2D eigenvalue weighted by Gasteiger charge is -2.16. The molecule has 1 aromatic carbocycles. The van der Waals surface area contributed by atoms with Gasteiger partial charge in [-0.3, -0.25) is 4.79 Å². The molecule has 0 spiro atoms. The molecule has 122 valence electrons. The molecule has 1 fully saturated rings. The second kappa shape index (κ2) is 7.17. The van der Waals surface area contributed by atoms with Gasteiger partial charge in [-0.2, -0.15) is 0 Å². The fraction of sp³-hybridized carbons (Fsp3) is 0.412. The number of carbonyl (C=O) groups excluding carboxylic acids is 1. The summed E-state index contributed by atoms with van der Waals surface area (Å²) in [6, 6.07) is 5.25. The van der Waals surface area contributed by atoms with Gasteiger partial charge in [0, 0.05) is 18.0 Å². The van der Waals surface area contributed by atoms with E-state index >= 15 is 0 Å². The highest BCUT2D eigenvalue weighted by Crippen LogP contribution is 2.32. The van der Waals surface area contributed by atoms with Gasteiger partial charge < -0.3 is 19.8 Å². The van der Waals surface area contributed by atoms with Crippen LogP contribution in [-0.2, 0) is 6.54 Å². The molecule has 0 unspecified atom stereocenters. The molecule has 23 heavy (non-hydrogen) atoms. The average Bonchev–Trinajstić information content (AvgIpc) is 3.26. The highest BCUT2D eigenvalue weighted by Gasteiger charge is 2.19. The van der Waals surface area contributed by atoms with Crippen LogP contribution in [0.3, 0.4) is 0 Å². The highest BCUT2D eigenvalue weighted by atomic mass is 16.5. The van der Waals surface area contributed by atoms with E-state index in [1.54, 1.807) is 37.7 Å². The van der Waals surface area contributed by atoms with Crippen molar-refractivity contribution in [2.45, 2.75) is 38.3 Å². The van der Waals surface area contributed by atoms with Gasteiger partial charge in [-0.1, -0.05) is 0 Å². The molecule has 0 bridgehead atoms. The first kappa shape index (κ1) is 15.4. The summed E-state index contributed by atoms with van der Waals surface area (Å²) in [7, 11) is 1.60. The number of benzene rings is 1. The van der Waals surface area contributed by atoms with Crippen molar-refractivity contribution in [2.24, 2.45) is 0 Å².